The van der Waals surface area contributed by atoms with Crippen LogP contribution in [0.2, 0.25) is 0 Å². The van der Waals surface area contributed by atoms with Gasteiger partial charge in [0, 0.05) is 22.9 Å². The Morgan fingerprint density at radius 1 is 1.16 bits per heavy atom. The van der Waals surface area contributed by atoms with Crippen LogP contribution >= 0.6 is 11.3 Å². The van der Waals surface area contributed by atoms with Gasteiger partial charge in [-0.2, -0.15) is 0 Å². The normalized spacial score (nSPS) is 13.2. The van der Waals surface area contributed by atoms with Gasteiger partial charge < -0.3 is 10.8 Å². The maximum Gasteiger partial charge on any atom is 0.126 e. The molecule has 0 saturated heterocycles. The van der Waals surface area contributed by atoms with Gasteiger partial charge in [0.25, 0.3) is 0 Å². The third-order valence-corrected chi connectivity index (χ3v) is 4.93. The Hall–Kier alpha value is -1.74. The molecule has 0 aliphatic carbocycles. The van der Waals surface area contributed by atoms with Gasteiger partial charge in [-0.15, -0.1) is 11.3 Å². The van der Waals surface area contributed by atoms with Crippen LogP contribution in [0, 0.1) is 23.5 Å². The maximum absolute atomic E-state index is 13.1. The highest BCUT2D eigenvalue weighted by Crippen LogP contribution is 2.20. The molecule has 1 unspecified atom stereocenters. The second-order valence-corrected chi connectivity index (χ2v) is 7.68. The molecule has 0 aliphatic heterocycles. The van der Waals surface area contributed by atoms with Gasteiger partial charge in [0.15, 0.2) is 0 Å². The molecule has 3 N–H and O–H groups in total. The molecule has 0 radical (unpaired) electrons. The molecule has 1 aromatic carbocycles. The van der Waals surface area contributed by atoms with Crippen molar-refractivity contribution in [1.29, 1.82) is 0 Å². The van der Waals surface area contributed by atoms with E-state index in [2.05, 4.69) is 11.8 Å². The van der Waals surface area contributed by atoms with Gasteiger partial charge in [-0.1, -0.05) is 11.8 Å². The first-order valence-corrected chi connectivity index (χ1v) is 9.12. The lowest BCUT2D eigenvalue weighted by Crippen LogP contribution is -2.40. The van der Waals surface area contributed by atoms with Crippen molar-refractivity contribution in [2.75, 3.05) is 6.61 Å². The molecule has 0 aliphatic rings. The fourth-order valence-corrected chi connectivity index (χ4v) is 3.24. The molecule has 0 bridgehead atoms. The Balaban J connectivity index is 1.78. The molecular weight excluding hydrogens is 340 g/mol. The number of unbranched alkanes of at least 4 members (excludes halogenated alkanes) is 1. The lowest BCUT2D eigenvalue weighted by molar-refractivity contribution is 0.201. The Morgan fingerprint density at radius 2 is 1.88 bits per heavy atom. The number of halogens is 2. The van der Waals surface area contributed by atoms with Crippen molar-refractivity contribution in [1.82, 2.24) is 0 Å². The van der Waals surface area contributed by atoms with Gasteiger partial charge in [0.2, 0.25) is 0 Å². The predicted molar refractivity (Wildman–Crippen MR) is 98.5 cm³/mol. The van der Waals surface area contributed by atoms with Crippen molar-refractivity contribution in [3.63, 3.8) is 0 Å². The molecule has 0 spiro atoms. The Labute approximate surface area is 151 Å². The number of thiophene rings is 1. The highest BCUT2D eigenvalue weighted by molar-refractivity contribution is 7.12. The summed E-state index contributed by atoms with van der Waals surface area (Å²) in [7, 11) is 0. The van der Waals surface area contributed by atoms with Gasteiger partial charge >= 0.3 is 0 Å². The van der Waals surface area contributed by atoms with Crippen molar-refractivity contribution in [3.8, 4) is 11.8 Å². The van der Waals surface area contributed by atoms with E-state index in [0.717, 1.165) is 30.2 Å². The first kappa shape index (κ1) is 19.6. The fraction of sp³-hybridized carbons (Fsp3) is 0.400. The standard InChI is InChI=1S/C20H23F2NOS/c1-20(23,14-24)10-9-19-8-7-18(25-19)6-4-2-3-5-15-11-16(21)13-17(22)12-15/h7-8,11-13,24H,2-3,5,9-10,14,23H2,1H3. The zero-order chi connectivity index (χ0) is 18.3. The van der Waals surface area contributed by atoms with Crippen LogP contribution in [-0.4, -0.2) is 17.3 Å². The van der Waals surface area contributed by atoms with Gasteiger partial charge in [-0.05, 0) is 62.4 Å². The minimum Gasteiger partial charge on any atom is -0.394 e. The number of benzene rings is 1. The van der Waals surface area contributed by atoms with E-state index in [1.807, 2.05) is 19.1 Å². The molecule has 134 valence electrons. The van der Waals surface area contributed by atoms with Gasteiger partial charge in [0.05, 0.1) is 11.5 Å². The average molecular weight is 363 g/mol. The van der Waals surface area contributed by atoms with Crippen LogP contribution in [0.3, 0.4) is 0 Å². The van der Waals surface area contributed by atoms with E-state index in [9.17, 15) is 13.9 Å². The lowest BCUT2D eigenvalue weighted by Gasteiger charge is -2.20. The van der Waals surface area contributed by atoms with E-state index in [1.165, 1.54) is 17.0 Å². The first-order valence-electron chi connectivity index (χ1n) is 8.30. The minimum atomic E-state index is -0.549. The zero-order valence-electron chi connectivity index (χ0n) is 14.3. The Morgan fingerprint density at radius 3 is 2.56 bits per heavy atom. The van der Waals surface area contributed by atoms with Gasteiger partial charge in [-0.25, -0.2) is 8.78 Å². The average Bonchev–Trinajstić information content (AvgIpc) is 3.00. The summed E-state index contributed by atoms with van der Waals surface area (Å²) in [4.78, 5) is 2.19. The zero-order valence-corrected chi connectivity index (χ0v) is 15.1. The largest absolute Gasteiger partial charge is 0.394 e. The maximum atomic E-state index is 13.1. The first-order chi connectivity index (χ1) is 11.9. The lowest BCUT2D eigenvalue weighted by atomic mass is 9.98. The van der Waals surface area contributed by atoms with Crippen LogP contribution in [0.15, 0.2) is 30.3 Å². The topological polar surface area (TPSA) is 46.2 Å². The highest BCUT2D eigenvalue weighted by Gasteiger charge is 2.16. The van der Waals surface area contributed by atoms with E-state index < -0.39 is 17.2 Å². The SMILES string of the molecule is CC(N)(CO)CCc1ccc(C#CCCCc2cc(F)cc(F)c2)s1. The van der Waals surface area contributed by atoms with E-state index in [4.69, 9.17) is 5.73 Å². The summed E-state index contributed by atoms with van der Waals surface area (Å²) in [5, 5.41) is 9.17. The van der Waals surface area contributed by atoms with Crippen molar-refractivity contribution >= 4 is 11.3 Å². The number of hydrogen-bond donors (Lipinski definition) is 2. The smallest absolute Gasteiger partial charge is 0.126 e. The molecule has 0 saturated carbocycles. The minimum absolute atomic E-state index is 0.0275. The Bertz CT molecular complexity index is 738. The third-order valence-electron chi connectivity index (χ3n) is 3.87. The van der Waals surface area contributed by atoms with E-state index in [1.54, 1.807) is 11.3 Å². The van der Waals surface area contributed by atoms with Crippen LogP contribution in [0.4, 0.5) is 8.78 Å². The summed E-state index contributed by atoms with van der Waals surface area (Å²) in [6.07, 6.45) is 3.59. The molecule has 1 aromatic heterocycles. The van der Waals surface area contributed by atoms with Gasteiger partial charge in [0.1, 0.15) is 11.6 Å². The predicted octanol–water partition coefficient (Wildman–Crippen LogP) is 4.04. The van der Waals surface area contributed by atoms with Crippen molar-refractivity contribution in [2.24, 2.45) is 5.73 Å². The summed E-state index contributed by atoms with van der Waals surface area (Å²) < 4.78 is 26.2. The number of aliphatic hydroxyl groups excluding tert-OH is 1. The molecule has 5 heteroatoms. The third kappa shape index (κ3) is 6.95. The number of nitrogens with two attached hydrogens (primary N) is 1. The molecule has 1 atom stereocenters. The molecule has 2 rings (SSSR count). The number of hydrogen-bond acceptors (Lipinski definition) is 3. The molecule has 2 aromatic rings. The quantitative estimate of drug-likeness (QED) is 0.576. The second kappa shape index (κ2) is 9.10. The summed E-state index contributed by atoms with van der Waals surface area (Å²) in [6, 6.07) is 7.63. The summed E-state index contributed by atoms with van der Waals surface area (Å²) >= 11 is 1.63. The van der Waals surface area contributed by atoms with E-state index in [-0.39, 0.29) is 6.61 Å². The summed E-state index contributed by atoms with van der Waals surface area (Å²) in [6.45, 7) is 1.81. The van der Waals surface area contributed by atoms with Crippen LogP contribution in [0.5, 0.6) is 0 Å². The molecular formula is C20H23F2NOS. The summed E-state index contributed by atoms with van der Waals surface area (Å²) in [5.74, 6) is 5.15. The number of aryl methyl sites for hydroxylation is 2. The fourth-order valence-electron chi connectivity index (χ4n) is 2.35. The molecule has 2 nitrogen and oxygen atoms in total. The Kier molecular flexibility index (Phi) is 7.12. The monoisotopic (exact) mass is 363 g/mol. The van der Waals surface area contributed by atoms with Crippen LogP contribution < -0.4 is 5.73 Å². The highest BCUT2D eigenvalue weighted by atomic mass is 32.1. The van der Waals surface area contributed by atoms with Gasteiger partial charge in [-0.3, -0.25) is 0 Å². The molecule has 1 heterocycles. The van der Waals surface area contributed by atoms with Crippen molar-refractivity contribution < 1.29 is 13.9 Å². The van der Waals surface area contributed by atoms with E-state index >= 15 is 0 Å². The molecule has 25 heavy (non-hydrogen) atoms. The number of aliphatic hydroxyl groups is 1. The van der Waals surface area contributed by atoms with Crippen LogP contribution in [0.1, 0.15) is 41.5 Å². The van der Waals surface area contributed by atoms with Crippen molar-refractivity contribution in [2.45, 2.75) is 44.6 Å². The van der Waals surface area contributed by atoms with Crippen LogP contribution in [0.25, 0.3) is 0 Å². The molecule has 0 amide bonds. The summed E-state index contributed by atoms with van der Waals surface area (Å²) in [5.41, 5.74) is 6.04. The second-order valence-electron chi connectivity index (χ2n) is 6.51. The number of rotatable bonds is 7. The molecule has 0 fully saturated rings. The van der Waals surface area contributed by atoms with Crippen molar-refractivity contribution in [3.05, 3.63) is 57.3 Å². The van der Waals surface area contributed by atoms with E-state index in [0.29, 0.717) is 18.4 Å². The van der Waals surface area contributed by atoms with Crippen LogP contribution in [-0.2, 0) is 12.8 Å².